The van der Waals surface area contributed by atoms with Crippen molar-refractivity contribution < 1.29 is 18.3 Å². The summed E-state index contributed by atoms with van der Waals surface area (Å²) in [5.74, 6) is -1.42. The molecule has 0 amide bonds. The van der Waals surface area contributed by atoms with Gasteiger partial charge in [-0.25, -0.2) is 8.78 Å². The maximum Gasteiger partial charge on any atom is 0.162 e. The molecule has 1 fully saturated rings. The minimum Gasteiger partial charge on any atom is -0.492 e. The summed E-state index contributed by atoms with van der Waals surface area (Å²) in [7, 11) is 0. The van der Waals surface area contributed by atoms with Crippen molar-refractivity contribution in [1.29, 1.82) is 0 Å². The number of benzene rings is 1. The van der Waals surface area contributed by atoms with Gasteiger partial charge in [-0.3, -0.25) is 0 Å². The molecular formula is C14H19F2NO2. The van der Waals surface area contributed by atoms with E-state index >= 15 is 0 Å². The van der Waals surface area contributed by atoms with Crippen LogP contribution < -0.4 is 10.1 Å². The van der Waals surface area contributed by atoms with Gasteiger partial charge in [-0.2, -0.15) is 0 Å². The number of ether oxygens (including phenoxy) is 2. The molecular weight excluding hydrogens is 252 g/mol. The van der Waals surface area contributed by atoms with Crippen LogP contribution in [0.5, 0.6) is 5.75 Å². The molecule has 3 nitrogen and oxygen atoms in total. The molecule has 0 aromatic heterocycles. The highest BCUT2D eigenvalue weighted by Gasteiger charge is 2.16. The number of nitrogens with one attached hydrogen (secondary N) is 1. The standard InChI is InChI=1S/C14H19F2NO2/c1-10(17-8-12-3-2-6-18-12)9-19-11-4-5-13(15)14(16)7-11/h4-5,7,10,12,17H,2-3,6,8-9H2,1H3. The van der Waals surface area contributed by atoms with Crippen LogP contribution in [0.2, 0.25) is 0 Å². The molecule has 19 heavy (non-hydrogen) atoms. The van der Waals surface area contributed by atoms with Crippen molar-refractivity contribution in [2.75, 3.05) is 19.8 Å². The van der Waals surface area contributed by atoms with Crippen molar-refractivity contribution in [3.05, 3.63) is 29.8 Å². The van der Waals surface area contributed by atoms with Gasteiger partial charge in [0.1, 0.15) is 12.4 Å². The third kappa shape index (κ3) is 4.44. The summed E-state index contributed by atoms with van der Waals surface area (Å²) >= 11 is 0. The molecule has 1 aromatic rings. The van der Waals surface area contributed by atoms with Gasteiger partial charge in [0.25, 0.3) is 0 Å². The van der Waals surface area contributed by atoms with Crippen LogP contribution in [0.1, 0.15) is 19.8 Å². The van der Waals surface area contributed by atoms with E-state index < -0.39 is 11.6 Å². The molecule has 106 valence electrons. The fourth-order valence-corrected chi connectivity index (χ4v) is 1.98. The zero-order valence-electron chi connectivity index (χ0n) is 11.0. The Labute approximate surface area is 111 Å². The smallest absolute Gasteiger partial charge is 0.162 e. The predicted molar refractivity (Wildman–Crippen MR) is 68.3 cm³/mol. The minimum absolute atomic E-state index is 0.123. The number of hydrogen-bond acceptors (Lipinski definition) is 3. The Hall–Kier alpha value is -1.20. The van der Waals surface area contributed by atoms with E-state index in [1.54, 1.807) is 0 Å². The monoisotopic (exact) mass is 271 g/mol. The number of rotatable bonds is 6. The van der Waals surface area contributed by atoms with E-state index in [1.165, 1.54) is 6.07 Å². The summed E-state index contributed by atoms with van der Waals surface area (Å²) < 4.78 is 36.6. The molecule has 0 aliphatic carbocycles. The minimum atomic E-state index is -0.891. The second kappa shape index (κ2) is 6.82. The first-order valence-electron chi connectivity index (χ1n) is 6.58. The second-order valence-corrected chi connectivity index (χ2v) is 4.83. The van der Waals surface area contributed by atoms with E-state index in [2.05, 4.69) is 5.32 Å². The molecule has 0 radical (unpaired) electrons. The molecule has 1 saturated heterocycles. The van der Waals surface area contributed by atoms with Gasteiger partial charge >= 0.3 is 0 Å². The van der Waals surface area contributed by atoms with Crippen LogP contribution in [0.15, 0.2) is 18.2 Å². The first-order valence-corrected chi connectivity index (χ1v) is 6.58. The van der Waals surface area contributed by atoms with E-state index in [4.69, 9.17) is 9.47 Å². The van der Waals surface area contributed by atoms with Crippen LogP contribution in [0.25, 0.3) is 0 Å². The highest BCUT2D eigenvalue weighted by molar-refractivity contribution is 5.23. The fourth-order valence-electron chi connectivity index (χ4n) is 1.98. The van der Waals surface area contributed by atoms with Gasteiger partial charge in [-0.1, -0.05) is 0 Å². The molecule has 1 aliphatic rings. The molecule has 0 bridgehead atoms. The van der Waals surface area contributed by atoms with Crippen LogP contribution in [0.4, 0.5) is 8.78 Å². The lowest BCUT2D eigenvalue weighted by Gasteiger charge is -2.17. The summed E-state index contributed by atoms with van der Waals surface area (Å²) in [6.45, 7) is 4.01. The Kier molecular flexibility index (Phi) is 5.10. The van der Waals surface area contributed by atoms with Gasteiger partial charge in [-0.05, 0) is 31.9 Å². The number of hydrogen-bond donors (Lipinski definition) is 1. The van der Waals surface area contributed by atoms with Gasteiger partial charge in [0, 0.05) is 25.3 Å². The van der Waals surface area contributed by atoms with E-state index in [1.807, 2.05) is 6.92 Å². The van der Waals surface area contributed by atoms with Gasteiger partial charge in [-0.15, -0.1) is 0 Å². The van der Waals surface area contributed by atoms with Gasteiger partial charge in [0.05, 0.1) is 6.10 Å². The molecule has 2 rings (SSSR count). The third-order valence-electron chi connectivity index (χ3n) is 3.11. The molecule has 1 aliphatic heterocycles. The Morgan fingerprint density at radius 1 is 1.42 bits per heavy atom. The largest absolute Gasteiger partial charge is 0.492 e. The van der Waals surface area contributed by atoms with Crippen molar-refractivity contribution in [2.24, 2.45) is 0 Å². The summed E-state index contributed by atoms with van der Waals surface area (Å²) in [5, 5.41) is 3.30. The van der Waals surface area contributed by atoms with Crippen LogP contribution >= 0.6 is 0 Å². The van der Waals surface area contributed by atoms with Crippen molar-refractivity contribution in [3.8, 4) is 5.75 Å². The van der Waals surface area contributed by atoms with Gasteiger partial charge in [0.2, 0.25) is 0 Å². The zero-order chi connectivity index (χ0) is 13.7. The van der Waals surface area contributed by atoms with Crippen LogP contribution in [-0.2, 0) is 4.74 Å². The van der Waals surface area contributed by atoms with E-state index in [9.17, 15) is 8.78 Å². The molecule has 2 atom stereocenters. The lowest BCUT2D eigenvalue weighted by Crippen LogP contribution is -2.37. The third-order valence-corrected chi connectivity index (χ3v) is 3.11. The zero-order valence-corrected chi connectivity index (χ0v) is 11.0. The van der Waals surface area contributed by atoms with Crippen molar-refractivity contribution in [1.82, 2.24) is 5.32 Å². The molecule has 0 saturated carbocycles. The second-order valence-electron chi connectivity index (χ2n) is 4.83. The lowest BCUT2D eigenvalue weighted by atomic mass is 10.2. The fraction of sp³-hybridized carbons (Fsp3) is 0.571. The van der Waals surface area contributed by atoms with Gasteiger partial charge < -0.3 is 14.8 Å². The number of halogens is 2. The van der Waals surface area contributed by atoms with Crippen LogP contribution in [0, 0.1) is 11.6 Å². The average Bonchev–Trinajstić information content (AvgIpc) is 2.91. The molecule has 1 aromatic carbocycles. The lowest BCUT2D eigenvalue weighted by molar-refractivity contribution is 0.105. The maximum absolute atomic E-state index is 13.0. The molecule has 0 spiro atoms. The first-order chi connectivity index (χ1) is 9.15. The first kappa shape index (κ1) is 14.2. The van der Waals surface area contributed by atoms with Crippen LogP contribution in [0.3, 0.4) is 0 Å². The van der Waals surface area contributed by atoms with Crippen LogP contribution in [-0.4, -0.2) is 31.9 Å². The Bertz CT molecular complexity index is 408. The summed E-state index contributed by atoms with van der Waals surface area (Å²) in [5.41, 5.74) is 0. The van der Waals surface area contributed by atoms with Crippen molar-refractivity contribution in [3.63, 3.8) is 0 Å². The van der Waals surface area contributed by atoms with E-state index in [-0.39, 0.29) is 12.1 Å². The SMILES string of the molecule is CC(COc1ccc(F)c(F)c1)NCC1CCCO1. The van der Waals surface area contributed by atoms with Gasteiger partial charge in [0.15, 0.2) is 11.6 Å². The summed E-state index contributed by atoms with van der Waals surface area (Å²) in [6.07, 6.45) is 2.49. The Balaban J connectivity index is 1.70. The normalized spacial score (nSPS) is 20.5. The van der Waals surface area contributed by atoms with E-state index in [0.717, 1.165) is 38.1 Å². The highest BCUT2D eigenvalue weighted by Crippen LogP contribution is 2.15. The molecule has 1 heterocycles. The Morgan fingerprint density at radius 3 is 2.95 bits per heavy atom. The van der Waals surface area contributed by atoms with Crippen molar-refractivity contribution in [2.45, 2.75) is 31.9 Å². The average molecular weight is 271 g/mol. The molecule has 5 heteroatoms. The maximum atomic E-state index is 13.0. The van der Waals surface area contributed by atoms with Crippen molar-refractivity contribution >= 4 is 0 Å². The molecule has 2 unspecified atom stereocenters. The topological polar surface area (TPSA) is 30.5 Å². The Morgan fingerprint density at radius 2 is 2.26 bits per heavy atom. The molecule has 1 N–H and O–H groups in total. The highest BCUT2D eigenvalue weighted by atomic mass is 19.2. The summed E-state index contributed by atoms with van der Waals surface area (Å²) in [4.78, 5) is 0. The quantitative estimate of drug-likeness (QED) is 0.862. The summed E-state index contributed by atoms with van der Waals surface area (Å²) in [6, 6.07) is 3.67. The van der Waals surface area contributed by atoms with E-state index in [0.29, 0.717) is 12.4 Å². The predicted octanol–water partition coefficient (Wildman–Crippen LogP) is 2.50.